The molecule has 0 aliphatic rings. The molecule has 6 heteroatoms. The molecule has 0 aliphatic heterocycles. The zero-order chi connectivity index (χ0) is 13.0. The molecule has 0 aliphatic carbocycles. The molecule has 18 heavy (non-hydrogen) atoms. The van der Waals surface area contributed by atoms with Crippen LogP contribution in [0.15, 0.2) is 30.6 Å². The van der Waals surface area contributed by atoms with Crippen LogP contribution in [0.1, 0.15) is 5.56 Å². The van der Waals surface area contributed by atoms with Crippen molar-refractivity contribution in [1.82, 2.24) is 9.97 Å². The van der Waals surface area contributed by atoms with Crippen molar-refractivity contribution < 1.29 is 9.47 Å². The first-order valence-corrected chi connectivity index (χ1v) is 5.34. The van der Waals surface area contributed by atoms with Gasteiger partial charge in [-0.25, -0.2) is 10.8 Å². The fraction of sp³-hybridized carbons (Fsp3) is 0.167. The van der Waals surface area contributed by atoms with Gasteiger partial charge >= 0.3 is 0 Å². The summed E-state index contributed by atoms with van der Waals surface area (Å²) in [6.45, 7) is 1.98. The van der Waals surface area contributed by atoms with Gasteiger partial charge in [0.05, 0.1) is 7.11 Å². The summed E-state index contributed by atoms with van der Waals surface area (Å²) in [6.07, 6.45) is 1.35. The SMILES string of the molecule is COc1c(NN)ncnc1Oc1cccc(C)c1. The summed E-state index contributed by atoms with van der Waals surface area (Å²) in [5.41, 5.74) is 3.52. The number of anilines is 1. The van der Waals surface area contributed by atoms with Crippen molar-refractivity contribution in [3.63, 3.8) is 0 Å². The quantitative estimate of drug-likeness (QED) is 0.633. The summed E-state index contributed by atoms with van der Waals surface area (Å²) in [7, 11) is 1.50. The minimum Gasteiger partial charge on any atom is -0.489 e. The Labute approximate surface area is 105 Å². The van der Waals surface area contributed by atoms with Gasteiger partial charge in [0.1, 0.15) is 12.1 Å². The molecule has 0 bridgehead atoms. The number of rotatable bonds is 4. The lowest BCUT2D eigenvalue weighted by molar-refractivity contribution is 0.369. The van der Waals surface area contributed by atoms with Gasteiger partial charge in [-0.15, -0.1) is 0 Å². The van der Waals surface area contributed by atoms with Crippen LogP contribution in [0, 0.1) is 6.92 Å². The van der Waals surface area contributed by atoms with E-state index in [1.165, 1.54) is 13.4 Å². The molecule has 1 aromatic carbocycles. The van der Waals surface area contributed by atoms with E-state index in [1.807, 2.05) is 31.2 Å². The van der Waals surface area contributed by atoms with E-state index < -0.39 is 0 Å². The summed E-state index contributed by atoms with van der Waals surface area (Å²) in [6, 6.07) is 7.62. The van der Waals surface area contributed by atoms with Crippen molar-refractivity contribution in [2.45, 2.75) is 6.92 Å². The second-order valence-corrected chi connectivity index (χ2v) is 3.62. The van der Waals surface area contributed by atoms with E-state index in [9.17, 15) is 0 Å². The van der Waals surface area contributed by atoms with Crippen molar-refractivity contribution in [2.75, 3.05) is 12.5 Å². The molecule has 1 heterocycles. The molecular formula is C12H14N4O2. The molecular weight excluding hydrogens is 232 g/mol. The number of aryl methyl sites for hydroxylation is 1. The van der Waals surface area contributed by atoms with E-state index in [2.05, 4.69) is 15.4 Å². The van der Waals surface area contributed by atoms with Crippen LogP contribution in [0.25, 0.3) is 0 Å². The van der Waals surface area contributed by atoms with Crippen LogP contribution < -0.4 is 20.7 Å². The second kappa shape index (κ2) is 5.33. The lowest BCUT2D eigenvalue weighted by Gasteiger charge is -2.11. The Bertz CT molecular complexity index is 545. The number of hydrogen-bond donors (Lipinski definition) is 2. The van der Waals surface area contributed by atoms with Crippen LogP contribution in [0.5, 0.6) is 17.4 Å². The van der Waals surface area contributed by atoms with Crippen LogP contribution >= 0.6 is 0 Å². The maximum Gasteiger partial charge on any atom is 0.268 e. The first-order chi connectivity index (χ1) is 8.74. The molecule has 0 fully saturated rings. The standard InChI is InChI=1S/C12H14N4O2/c1-8-4-3-5-9(6-8)18-12-10(17-2)11(16-13)14-7-15-12/h3-7H,13H2,1-2H3,(H,14,15,16). The minimum atomic E-state index is 0.311. The monoisotopic (exact) mass is 246 g/mol. The minimum absolute atomic E-state index is 0.311. The fourth-order valence-electron chi connectivity index (χ4n) is 1.51. The van der Waals surface area contributed by atoms with E-state index in [-0.39, 0.29) is 0 Å². The number of methoxy groups -OCH3 is 1. The molecule has 6 nitrogen and oxygen atoms in total. The van der Waals surface area contributed by atoms with E-state index in [0.717, 1.165) is 5.56 Å². The third kappa shape index (κ3) is 2.49. The van der Waals surface area contributed by atoms with Gasteiger partial charge in [0.25, 0.3) is 5.88 Å². The molecule has 3 N–H and O–H groups in total. The van der Waals surface area contributed by atoms with E-state index in [1.54, 1.807) is 0 Å². The van der Waals surface area contributed by atoms with E-state index >= 15 is 0 Å². The first-order valence-electron chi connectivity index (χ1n) is 5.34. The average Bonchev–Trinajstić information content (AvgIpc) is 2.38. The number of hydrazine groups is 1. The molecule has 0 atom stereocenters. The number of nitrogens with zero attached hydrogens (tertiary/aromatic N) is 2. The zero-order valence-electron chi connectivity index (χ0n) is 10.2. The van der Waals surface area contributed by atoms with Gasteiger partial charge in [-0.3, -0.25) is 0 Å². The Morgan fingerprint density at radius 1 is 1.28 bits per heavy atom. The average molecular weight is 246 g/mol. The Kier molecular flexibility index (Phi) is 3.59. The molecule has 2 rings (SSSR count). The molecule has 0 saturated heterocycles. The number of nitrogens with one attached hydrogen (secondary N) is 1. The first kappa shape index (κ1) is 12.1. The summed E-state index contributed by atoms with van der Waals surface area (Å²) in [5.74, 6) is 7.06. The Hall–Kier alpha value is -2.34. The number of aromatic nitrogens is 2. The van der Waals surface area contributed by atoms with Crippen LogP contribution in [0.4, 0.5) is 5.82 Å². The number of hydrogen-bond acceptors (Lipinski definition) is 6. The van der Waals surface area contributed by atoms with Crippen LogP contribution in [0.3, 0.4) is 0 Å². The number of nitrogens with two attached hydrogens (primary N) is 1. The van der Waals surface area contributed by atoms with E-state index in [4.69, 9.17) is 15.3 Å². The Morgan fingerprint density at radius 3 is 2.78 bits per heavy atom. The Balaban J connectivity index is 2.34. The lowest BCUT2D eigenvalue weighted by atomic mass is 10.2. The van der Waals surface area contributed by atoms with E-state index in [0.29, 0.717) is 23.2 Å². The predicted octanol–water partition coefficient (Wildman–Crippen LogP) is 1.87. The van der Waals surface area contributed by atoms with Gasteiger partial charge in [0.2, 0.25) is 5.75 Å². The van der Waals surface area contributed by atoms with Crippen molar-refractivity contribution in [1.29, 1.82) is 0 Å². The maximum atomic E-state index is 5.65. The topological polar surface area (TPSA) is 82.3 Å². The summed E-state index contributed by atoms with van der Waals surface area (Å²) < 4.78 is 10.8. The molecule has 0 saturated carbocycles. The predicted molar refractivity (Wildman–Crippen MR) is 67.6 cm³/mol. The van der Waals surface area contributed by atoms with Crippen LogP contribution in [-0.4, -0.2) is 17.1 Å². The van der Waals surface area contributed by atoms with Crippen molar-refractivity contribution >= 4 is 5.82 Å². The normalized spacial score (nSPS) is 9.94. The highest BCUT2D eigenvalue weighted by molar-refractivity contribution is 5.55. The van der Waals surface area contributed by atoms with Gasteiger partial charge < -0.3 is 14.9 Å². The fourth-order valence-corrected chi connectivity index (χ4v) is 1.51. The lowest BCUT2D eigenvalue weighted by Crippen LogP contribution is -2.10. The van der Waals surface area contributed by atoms with Crippen LogP contribution in [-0.2, 0) is 0 Å². The third-order valence-electron chi connectivity index (χ3n) is 2.32. The number of ether oxygens (including phenoxy) is 2. The number of benzene rings is 1. The largest absolute Gasteiger partial charge is 0.489 e. The van der Waals surface area contributed by atoms with Gasteiger partial charge in [0.15, 0.2) is 5.82 Å². The molecule has 0 radical (unpaired) electrons. The van der Waals surface area contributed by atoms with Gasteiger partial charge in [0, 0.05) is 0 Å². The highest BCUT2D eigenvalue weighted by atomic mass is 16.5. The van der Waals surface area contributed by atoms with Gasteiger partial charge in [-0.2, -0.15) is 4.98 Å². The molecule has 0 amide bonds. The van der Waals surface area contributed by atoms with Crippen molar-refractivity contribution in [3.05, 3.63) is 36.2 Å². The third-order valence-corrected chi connectivity index (χ3v) is 2.32. The smallest absolute Gasteiger partial charge is 0.268 e. The maximum absolute atomic E-state index is 5.65. The number of nitrogen functional groups attached to an aromatic ring is 1. The summed E-state index contributed by atoms with van der Waals surface area (Å²) in [5, 5.41) is 0. The molecule has 1 aromatic heterocycles. The second-order valence-electron chi connectivity index (χ2n) is 3.62. The summed E-state index contributed by atoms with van der Waals surface area (Å²) >= 11 is 0. The highest BCUT2D eigenvalue weighted by Gasteiger charge is 2.13. The van der Waals surface area contributed by atoms with Gasteiger partial charge in [-0.1, -0.05) is 12.1 Å². The molecule has 94 valence electrons. The molecule has 0 unspecified atom stereocenters. The highest BCUT2D eigenvalue weighted by Crippen LogP contribution is 2.33. The molecule has 2 aromatic rings. The molecule has 0 spiro atoms. The van der Waals surface area contributed by atoms with Crippen molar-refractivity contribution in [2.24, 2.45) is 5.84 Å². The van der Waals surface area contributed by atoms with Crippen molar-refractivity contribution in [3.8, 4) is 17.4 Å². The van der Waals surface area contributed by atoms with Gasteiger partial charge in [-0.05, 0) is 24.6 Å². The zero-order valence-corrected chi connectivity index (χ0v) is 10.2. The summed E-state index contributed by atoms with van der Waals surface area (Å²) in [4.78, 5) is 7.96. The van der Waals surface area contributed by atoms with Crippen LogP contribution in [0.2, 0.25) is 0 Å². The Morgan fingerprint density at radius 2 is 2.11 bits per heavy atom.